The Labute approximate surface area is 206 Å². The number of carboxylic acid groups (broad SMARTS) is 1. The molecule has 10 nitrogen and oxygen atoms in total. The highest BCUT2D eigenvalue weighted by Crippen LogP contribution is 2.14. The maximum atomic E-state index is 12.0. The highest BCUT2D eigenvalue weighted by Gasteiger charge is 2.38. The lowest BCUT2D eigenvalue weighted by molar-refractivity contribution is -0.173. The summed E-state index contributed by atoms with van der Waals surface area (Å²) in [6.45, 7) is 0.665. The Balaban J connectivity index is 0.000000681. The maximum Gasteiger partial charge on any atom is 0.471 e. The van der Waals surface area contributed by atoms with Gasteiger partial charge in [-0.25, -0.2) is 0 Å². The number of halogens is 3. The summed E-state index contributed by atoms with van der Waals surface area (Å²) < 4.78 is 41.1. The van der Waals surface area contributed by atoms with Crippen molar-refractivity contribution in [2.45, 2.75) is 69.3 Å². The molecule has 0 saturated carbocycles. The summed E-state index contributed by atoms with van der Waals surface area (Å²) in [7, 11) is 0. The molecule has 1 fully saturated rings. The van der Waals surface area contributed by atoms with E-state index in [0.717, 1.165) is 24.9 Å². The molecule has 0 radical (unpaired) electrons. The van der Waals surface area contributed by atoms with Gasteiger partial charge in [-0.15, -0.1) is 0 Å². The van der Waals surface area contributed by atoms with E-state index in [4.69, 9.17) is 21.3 Å². The molecule has 0 aromatic heterocycles. The molecule has 13 heteroatoms. The zero-order valence-electron chi connectivity index (χ0n) is 19.8. The average molecular weight is 519 g/mol. The zero-order valence-corrected chi connectivity index (χ0v) is 19.8. The van der Waals surface area contributed by atoms with E-state index in [1.807, 2.05) is 30.3 Å². The van der Waals surface area contributed by atoms with Gasteiger partial charge in [0.05, 0.1) is 0 Å². The monoisotopic (exact) mass is 518 g/mol. The number of carboxylic acids is 1. The smallest absolute Gasteiger partial charge is 0.471 e. The minimum atomic E-state index is -4.93. The van der Waals surface area contributed by atoms with Crippen molar-refractivity contribution in [1.29, 1.82) is 0 Å². The van der Waals surface area contributed by atoms with E-state index in [2.05, 4.69) is 5.32 Å². The lowest BCUT2D eigenvalue weighted by Gasteiger charge is -2.18. The number of benzene rings is 1. The molecule has 1 aromatic carbocycles. The fourth-order valence-corrected chi connectivity index (χ4v) is 3.23. The lowest BCUT2D eigenvalue weighted by atomic mass is 10.1. The maximum absolute atomic E-state index is 12.0. The van der Waals surface area contributed by atoms with Crippen LogP contribution in [-0.4, -0.2) is 66.3 Å². The molecule has 7 N–H and O–H groups in total. The Morgan fingerprint density at radius 2 is 1.81 bits per heavy atom. The number of rotatable bonds is 12. The highest BCUT2D eigenvalue weighted by atomic mass is 19.4. The van der Waals surface area contributed by atoms with E-state index in [1.54, 1.807) is 5.32 Å². The standard InChI is InChI=1S/C18H24F3N3O4.C5H9NO2/c19-18(20,21)17(27)24-11-5-4-8-13(22)16(26)28-14(15(23)25)10-9-12-6-2-1-3-7-12;7-5(8)4-2-1-3-6-4/h1-3,6-7,13-14H,4-5,8-11,22H2,(H2,23,25)(H,24,27);4,6H,1-3H2,(H,7,8)/t13-,14-;4-/m00/s1. The molecule has 2 rings (SSSR count). The van der Waals surface area contributed by atoms with E-state index in [9.17, 15) is 32.3 Å². The molecule has 0 aliphatic carbocycles. The highest BCUT2D eigenvalue weighted by molar-refractivity contribution is 5.84. The first-order chi connectivity index (χ1) is 16.9. The van der Waals surface area contributed by atoms with Gasteiger partial charge in [-0.1, -0.05) is 30.3 Å². The van der Waals surface area contributed by atoms with Gasteiger partial charge in [0.1, 0.15) is 12.1 Å². The van der Waals surface area contributed by atoms with Crippen LogP contribution in [0.25, 0.3) is 0 Å². The SMILES string of the molecule is NC(=O)[C@H](CCc1ccccc1)OC(=O)[C@@H](N)CCCCNC(=O)C(F)(F)F.O=C(O)[C@@H]1CCCN1. The summed E-state index contributed by atoms with van der Waals surface area (Å²) in [5.41, 5.74) is 11.9. The average Bonchev–Trinajstić information content (AvgIpc) is 3.37. The number of nitrogens with two attached hydrogens (primary N) is 2. The molecule has 1 aliphatic heterocycles. The van der Waals surface area contributed by atoms with Crippen LogP contribution in [0.1, 0.15) is 44.1 Å². The topological polar surface area (TPSA) is 174 Å². The van der Waals surface area contributed by atoms with Crippen LogP contribution >= 0.6 is 0 Å². The Kier molecular flexibility index (Phi) is 13.5. The van der Waals surface area contributed by atoms with Gasteiger partial charge in [-0.3, -0.25) is 19.2 Å². The van der Waals surface area contributed by atoms with Crippen LogP contribution in [0.3, 0.4) is 0 Å². The minimum Gasteiger partial charge on any atom is -0.480 e. The quantitative estimate of drug-likeness (QED) is 0.201. The summed E-state index contributed by atoms with van der Waals surface area (Å²) in [5, 5.41) is 12.9. The number of nitrogens with one attached hydrogen (secondary N) is 2. The number of unbranched alkanes of at least 4 members (excludes halogenated alkanes) is 1. The fourth-order valence-electron chi connectivity index (χ4n) is 3.23. The number of aryl methyl sites for hydroxylation is 1. The number of carbonyl (C=O) groups is 4. The number of carbonyl (C=O) groups excluding carboxylic acids is 3. The van der Waals surface area contributed by atoms with Gasteiger partial charge in [0, 0.05) is 6.54 Å². The summed E-state index contributed by atoms with van der Waals surface area (Å²) in [6, 6.07) is 7.95. The van der Waals surface area contributed by atoms with Gasteiger partial charge in [0.25, 0.3) is 5.91 Å². The number of primary amides is 1. The number of hydrogen-bond acceptors (Lipinski definition) is 7. The zero-order chi connectivity index (χ0) is 27.1. The number of aliphatic carboxylic acids is 1. The molecule has 2 amide bonds. The number of hydrogen-bond donors (Lipinski definition) is 5. The van der Waals surface area contributed by atoms with Crippen LogP contribution in [0.2, 0.25) is 0 Å². The predicted octanol–water partition coefficient (Wildman–Crippen LogP) is 1.02. The molecular formula is C23H33F3N4O6. The van der Waals surface area contributed by atoms with Crippen LogP contribution in [-0.2, 0) is 30.3 Å². The summed E-state index contributed by atoms with van der Waals surface area (Å²) in [4.78, 5) is 44.3. The number of ether oxygens (including phenoxy) is 1. The van der Waals surface area contributed by atoms with Crippen molar-refractivity contribution >= 4 is 23.8 Å². The minimum absolute atomic E-state index is 0.130. The molecule has 202 valence electrons. The summed E-state index contributed by atoms with van der Waals surface area (Å²) >= 11 is 0. The summed E-state index contributed by atoms with van der Waals surface area (Å²) in [5.74, 6) is -4.33. The van der Waals surface area contributed by atoms with Crippen LogP contribution in [0.5, 0.6) is 0 Å². The molecule has 36 heavy (non-hydrogen) atoms. The molecule has 3 atom stereocenters. The second-order valence-corrected chi connectivity index (χ2v) is 8.20. The second kappa shape index (κ2) is 15.7. The van der Waals surface area contributed by atoms with Gasteiger partial charge in [0.2, 0.25) is 0 Å². The van der Waals surface area contributed by atoms with Gasteiger partial charge in [-0.05, 0) is 57.1 Å². The Morgan fingerprint density at radius 3 is 2.31 bits per heavy atom. The molecule has 0 unspecified atom stereocenters. The fraction of sp³-hybridized carbons (Fsp3) is 0.565. The van der Waals surface area contributed by atoms with Crippen LogP contribution < -0.4 is 22.1 Å². The first kappa shape index (κ1) is 30.8. The molecule has 0 bridgehead atoms. The van der Waals surface area contributed by atoms with E-state index in [-0.39, 0.29) is 31.8 Å². The Hall–Kier alpha value is -3.19. The molecule has 1 heterocycles. The molecule has 0 spiro atoms. The van der Waals surface area contributed by atoms with Gasteiger partial charge < -0.3 is 31.9 Å². The largest absolute Gasteiger partial charge is 0.480 e. The normalized spacial score (nSPS) is 16.7. The van der Waals surface area contributed by atoms with E-state index in [1.165, 1.54) is 0 Å². The number of amides is 2. The third kappa shape index (κ3) is 12.5. The lowest BCUT2D eigenvalue weighted by Crippen LogP contribution is -2.40. The van der Waals surface area contributed by atoms with Crippen molar-refractivity contribution in [1.82, 2.24) is 10.6 Å². The van der Waals surface area contributed by atoms with E-state index < -0.39 is 42.1 Å². The predicted molar refractivity (Wildman–Crippen MR) is 123 cm³/mol. The van der Waals surface area contributed by atoms with Crippen molar-refractivity contribution < 1.29 is 42.2 Å². The first-order valence-corrected chi connectivity index (χ1v) is 11.5. The van der Waals surface area contributed by atoms with E-state index in [0.29, 0.717) is 12.8 Å². The second-order valence-electron chi connectivity index (χ2n) is 8.20. The van der Waals surface area contributed by atoms with E-state index >= 15 is 0 Å². The van der Waals surface area contributed by atoms with Gasteiger partial charge in [-0.2, -0.15) is 13.2 Å². The molecule has 1 saturated heterocycles. The van der Waals surface area contributed by atoms with Crippen molar-refractivity contribution in [3.8, 4) is 0 Å². The van der Waals surface area contributed by atoms with Crippen molar-refractivity contribution in [2.24, 2.45) is 11.5 Å². The van der Waals surface area contributed by atoms with Crippen molar-refractivity contribution in [3.63, 3.8) is 0 Å². The Morgan fingerprint density at radius 1 is 1.14 bits per heavy atom. The molecular weight excluding hydrogens is 485 g/mol. The molecule has 1 aliphatic rings. The van der Waals surface area contributed by atoms with Gasteiger partial charge in [0.15, 0.2) is 6.10 Å². The third-order valence-electron chi connectivity index (χ3n) is 5.26. The van der Waals surface area contributed by atoms with Crippen LogP contribution in [0.4, 0.5) is 13.2 Å². The Bertz CT molecular complexity index is 848. The van der Waals surface area contributed by atoms with Crippen molar-refractivity contribution in [2.75, 3.05) is 13.1 Å². The first-order valence-electron chi connectivity index (χ1n) is 11.5. The number of esters is 1. The van der Waals surface area contributed by atoms with Crippen molar-refractivity contribution in [3.05, 3.63) is 35.9 Å². The van der Waals surface area contributed by atoms with Crippen LogP contribution in [0.15, 0.2) is 30.3 Å². The van der Waals surface area contributed by atoms with Gasteiger partial charge >= 0.3 is 24.0 Å². The summed E-state index contributed by atoms with van der Waals surface area (Å²) in [6.07, 6.45) is -2.95. The third-order valence-corrected chi connectivity index (χ3v) is 5.26. The molecule has 1 aromatic rings. The number of alkyl halides is 3. The van der Waals surface area contributed by atoms with Crippen LogP contribution in [0, 0.1) is 0 Å².